The third-order valence-electron chi connectivity index (χ3n) is 6.01. The lowest BCUT2D eigenvalue weighted by atomic mass is 10.0. The van der Waals surface area contributed by atoms with E-state index in [4.69, 9.17) is 16.3 Å². The van der Waals surface area contributed by atoms with Crippen LogP contribution in [-0.2, 0) is 16.0 Å². The molecule has 2 amide bonds. The number of methoxy groups -OCH3 is 1. The number of benzene rings is 3. The molecule has 3 aromatic carbocycles. The van der Waals surface area contributed by atoms with Crippen molar-refractivity contribution in [3.63, 3.8) is 0 Å². The molecule has 2 aliphatic rings. The number of ether oxygens (including phenoxy) is 1. The fourth-order valence-electron chi connectivity index (χ4n) is 4.40. The molecule has 0 aromatic heterocycles. The lowest BCUT2D eigenvalue weighted by molar-refractivity contribution is -0.120. The van der Waals surface area contributed by atoms with Crippen LogP contribution in [0, 0.1) is 6.92 Å². The average Bonchev–Trinajstić information content (AvgIpc) is 3.33. The molecule has 0 aliphatic carbocycles. The number of imide groups is 1. The zero-order valence-electron chi connectivity index (χ0n) is 17.8. The van der Waals surface area contributed by atoms with Crippen molar-refractivity contribution in [1.29, 1.82) is 0 Å². The molecule has 2 aliphatic heterocycles. The molecule has 0 radical (unpaired) electrons. The van der Waals surface area contributed by atoms with Crippen LogP contribution in [0.4, 0.5) is 11.4 Å². The van der Waals surface area contributed by atoms with Crippen LogP contribution in [-0.4, -0.2) is 25.5 Å². The summed E-state index contributed by atoms with van der Waals surface area (Å²) in [4.78, 5) is 30.8. The van der Waals surface area contributed by atoms with Gasteiger partial charge in [0.1, 0.15) is 11.4 Å². The van der Waals surface area contributed by atoms with E-state index in [9.17, 15) is 9.59 Å². The molecule has 5 rings (SSSR count). The number of anilines is 2. The van der Waals surface area contributed by atoms with Gasteiger partial charge in [0, 0.05) is 17.3 Å². The monoisotopic (exact) mass is 444 g/mol. The quantitative estimate of drug-likeness (QED) is 0.531. The minimum Gasteiger partial charge on any atom is -0.497 e. The summed E-state index contributed by atoms with van der Waals surface area (Å²) >= 11 is 6.22. The Morgan fingerprint density at radius 2 is 1.66 bits per heavy atom. The van der Waals surface area contributed by atoms with Crippen molar-refractivity contribution < 1.29 is 14.3 Å². The average molecular weight is 445 g/mol. The Labute approximate surface area is 191 Å². The van der Waals surface area contributed by atoms with Gasteiger partial charge >= 0.3 is 0 Å². The molecular formula is C26H21ClN2O3. The van der Waals surface area contributed by atoms with Gasteiger partial charge in [-0.15, -0.1) is 0 Å². The minimum atomic E-state index is -0.357. The second-order valence-electron chi connectivity index (χ2n) is 7.86. The summed E-state index contributed by atoms with van der Waals surface area (Å²) in [6, 6.07) is 20.4. The molecule has 0 saturated carbocycles. The molecule has 3 aromatic rings. The molecule has 6 heteroatoms. The molecule has 0 bridgehead atoms. The number of aryl methyl sites for hydroxylation is 1. The van der Waals surface area contributed by atoms with E-state index < -0.39 is 0 Å². The van der Waals surface area contributed by atoms with Gasteiger partial charge in [-0.05, 0) is 60.4 Å². The summed E-state index contributed by atoms with van der Waals surface area (Å²) in [5.41, 5.74) is 4.87. The summed E-state index contributed by atoms with van der Waals surface area (Å²) in [6.07, 6.45) is 0.813. The Morgan fingerprint density at radius 1 is 0.906 bits per heavy atom. The standard InChI is InChI=1S/C26H21ClN2O3/c1-16-7-10-19(27)15-22(16)29-25(30)23(18-8-11-20(32-2)12-9-18)24(26(29)31)28-14-13-17-5-3-4-6-21(17)28/h3-12,15H,13-14H2,1-2H3. The predicted molar refractivity (Wildman–Crippen MR) is 126 cm³/mol. The Balaban J connectivity index is 1.69. The zero-order chi connectivity index (χ0) is 22.4. The van der Waals surface area contributed by atoms with Crippen molar-refractivity contribution in [2.24, 2.45) is 0 Å². The largest absolute Gasteiger partial charge is 0.497 e. The van der Waals surface area contributed by atoms with Crippen LogP contribution < -0.4 is 14.5 Å². The Kier molecular flexibility index (Phi) is 4.98. The molecule has 0 N–H and O–H groups in total. The van der Waals surface area contributed by atoms with Crippen LogP contribution in [0.15, 0.2) is 72.4 Å². The van der Waals surface area contributed by atoms with Gasteiger partial charge in [0.25, 0.3) is 11.8 Å². The van der Waals surface area contributed by atoms with Crippen LogP contribution >= 0.6 is 11.6 Å². The van der Waals surface area contributed by atoms with Gasteiger partial charge < -0.3 is 9.64 Å². The molecule has 0 saturated heterocycles. The van der Waals surface area contributed by atoms with E-state index in [1.54, 1.807) is 31.4 Å². The third kappa shape index (κ3) is 3.17. The molecule has 0 unspecified atom stereocenters. The number of hydrogen-bond acceptors (Lipinski definition) is 4. The lowest BCUT2D eigenvalue weighted by Crippen LogP contribution is -2.35. The zero-order valence-corrected chi connectivity index (χ0v) is 18.5. The first kappa shape index (κ1) is 20.3. The molecular weight excluding hydrogens is 424 g/mol. The highest BCUT2D eigenvalue weighted by Gasteiger charge is 2.44. The van der Waals surface area contributed by atoms with Crippen molar-refractivity contribution in [3.8, 4) is 5.75 Å². The summed E-state index contributed by atoms with van der Waals surface area (Å²) in [6.45, 7) is 2.50. The van der Waals surface area contributed by atoms with Crippen molar-refractivity contribution >= 4 is 40.4 Å². The second-order valence-corrected chi connectivity index (χ2v) is 8.30. The van der Waals surface area contributed by atoms with Gasteiger partial charge in [-0.25, -0.2) is 4.90 Å². The van der Waals surface area contributed by atoms with E-state index in [0.717, 1.165) is 23.2 Å². The molecule has 0 fully saturated rings. The maximum Gasteiger partial charge on any atom is 0.282 e. The maximum absolute atomic E-state index is 13.8. The summed E-state index contributed by atoms with van der Waals surface area (Å²) in [5, 5.41) is 0.470. The number of fused-ring (bicyclic) bond motifs is 1. The van der Waals surface area contributed by atoms with Crippen molar-refractivity contribution in [2.75, 3.05) is 23.5 Å². The molecule has 0 atom stereocenters. The van der Waals surface area contributed by atoms with Crippen LogP contribution in [0.5, 0.6) is 5.75 Å². The summed E-state index contributed by atoms with van der Waals surface area (Å²) < 4.78 is 5.27. The van der Waals surface area contributed by atoms with Crippen molar-refractivity contribution in [2.45, 2.75) is 13.3 Å². The second kappa shape index (κ2) is 7.84. The normalized spacial score (nSPS) is 15.6. The molecule has 160 valence electrons. The Bertz CT molecular complexity index is 1280. The lowest BCUT2D eigenvalue weighted by Gasteiger charge is -2.22. The third-order valence-corrected chi connectivity index (χ3v) is 6.24. The SMILES string of the molecule is COc1ccc(C2=C(N3CCc4ccccc43)C(=O)N(c3cc(Cl)ccc3C)C2=O)cc1. The van der Waals surface area contributed by atoms with Crippen molar-refractivity contribution in [1.82, 2.24) is 0 Å². The Morgan fingerprint density at radius 3 is 2.41 bits per heavy atom. The van der Waals surface area contributed by atoms with Crippen LogP contribution in [0.3, 0.4) is 0 Å². The fraction of sp³-hybridized carbons (Fsp3) is 0.154. The van der Waals surface area contributed by atoms with Gasteiger partial charge in [0.15, 0.2) is 0 Å². The number of carbonyl (C=O) groups is 2. The van der Waals surface area contributed by atoms with E-state index >= 15 is 0 Å². The highest BCUT2D eigenvalue weighted by atomic mass is 35.5. The smallest absolute Gasteiger partial charge is 0.282 e. The number of nitrogens with zero attached hydrogens (tertiary/aromatic N) is 2. The van der Waals surface area contributed by atoms with Gasteiger partial charge in [0.05, 0.1) is 18.4 Å². The van der Waals surface area contributed by atoms with Crippen LogP contribution in [0.2, 0.25) is 5.02 Å². The highest BCUT2D eigenvalue weighted by molar-refractivity contribution is 6.46. The summed E-state index contributed by atoms with van der Waals surface area (Å²) in [5.74, 6) is -0.0189. The van der Waals surface area contributed by atoms with Gasteiger partial charge in [-0.1, -0.05) is 48.0 Å². The topological polar surface area (TPSA) is 49.9 Å². The summed E-state index contributed by atoms with van der Waals surface area (Å²) in [7, 11) is 1.59. The first-order valence-corrected chi connectivity index (χ1v) is 10.8. The molecule has 32 heavy (non-hydrogen) atoms. The fourth-order valence-corrected chi connectivity index (χ4v) is 4.57. The number of halogens is 1. The number of rotatable bonds is 4. The van der Waals surface area contributed by atoms with Gasteiger partial charge in [-0.3, -0.25) is 9.59 Å². The molecule has 0 spiro atoms. The van der Waals surface area contributed by atoms with Gasteiger partial charge in [0.2, 0.25) is 0 Å². The highest BCUT2D eigenvalue weighted by Crippen LogP contribution is 2.41. The number of hydrogen-bond donors (Lipinski definition) is 0. The first-order chi connectivity index (χ1) is 15.5. The molecule has 2 heterocycles. The van der Waals surface area contributed by atoms with E-state index in [0.29, 0.717) is 39.8 Å². The number of amides is 2. The van der Waals surface area contributed by atoms with Crippen LogP contribution in [0.25, 0.3) is 5.57 Å². The minimum absolute atomic E-state index is 0.345. The van der Waals surface area contributed by atoms with Gasteiger partial charge in [-0.2, -0.15) is 0 Å². The Hall–Kier alpha value is -3.57. The first-order valence-electron chi connectivity index (χ1n) is 10.4. The van der Waals surface area contributed by atoms with E-state index in [-0.39, 0.29) is 11.8 Å². The number of carbonyl (C=O) groups excluding carboxylic acids is 2. The van der Waals surface area contributed by atoms with E-state index in [2.05, 4.69) is 6.07 Å². The van der Waals surface area contributed by atoms with Crippen molar-refractivity contribution in [3.05, 3.63) is 94.1 Å². The van der Waals surface area contributed by atoms with Crippen LogP contribution in [0.1, 0.15) is 16.7 Å². The maximum atomic E-state index is 13.8. The molecule has 5 nitrogen and oxygen atoms in total. The van der Waals surface area contributed by atoms with E-state index in [1.165, 1.54) is 4.90 Å². The van der Waals surface area contributed by atoms with E-state index in [1.807, 2.05) is 48.2 Å². The predicted octanol–water partition coefficient (Wildman–Crippen LogP) is 5.00. The number of para-hydroxylation sites is 1.